The molecule has 0 spiro atoms. The van der Waals surface area contributed by atoms with Crippen molar-refractivity contribution in [1.29, 1.82) is 0 Å². The Labute approximate surface area is 149 Å². The molecule has 4 rings (SSSR count). The highest BCUT2D eigenvalue weighted by Crippen LogP contribution is 2.37. The fraction of sp³-hybridized carbons (Fsp3) is 0.429. The van der Waals surface area contributed by atoms with Crippen molar-refractivity contribution in [1.82, 2.24) is 5.32 Å². The average molecular weight is 341 g/mol. The summed E-state index contributed by atoms with van der Waals surface area (Å²) in [6, 6.07) is 15.1. The monoisotopic (exact) mass is 341 g/mol. The number of aliphatic hydroxyl groups excluding tert-OH is 1. The maximum atomic E-state index is 10.3. The van der Waals surface area contributed by atoms with Crippen LogP contribution in [-0.4, -0.2) is 28.4 Å². The lowest BCUT2D eigenvalue weighted by Gasteiger charge is -2.32. The summed E-state index contributed by atoms with van der Waals surface area (Å²) >= 11 is 0. The molecule has 4 N–H and O–H groups in total. The van der Waals surface area contributed by atoms with Gasteiger partial charge in [-0.2, -0.15) is 0 Å². The van der Waals surface area contributed by atoms with Gasteiger partial charge in [0.1, 0.15) is 5.75 Å². The molecule has 1 fully saturated rings. The highest BCUT2D eigenvalue weighted by molar-refractivity contribution is 5.39. The average Bonchev–Trinajstić information content (AvgIpc) is 2.90. The number of fused-ring (bicyclic) bond motifs is 1. The van der Waals surface area contributed by atoms with Crippen molar-refractivity contribution in [3.8, 4) is 5.75 Å². The van der Waals surface area contributed by atoms with E-state index in [2.05, 4.69) is 5.32 Å². The summed E-state index contributed by atoms with van der Waals surface area (Å²) in [5, 5.41) is 32.4. The molecular formula is C21H27NO3. The molecule has 25 heavy (non-hydrogen) atoms. The number of piperidine rings is 1. The molecule has 0 amide bonds. The van der Waals surface area contributed by atoms with Crippen LogP contribution in [0.15, 0.2) is 48.5 Å². The minimum Gasteiger partial charge on any atom is -0.508 e. The summed E-state index contributed by atoms with van der Waals surface area (Å²) in [6.45, 7) is 3.83. The van der Waals surface area contributed by atoms with Crippen LogP contribution < -0.4 is 5.32 Å². The normalized spacial score (nSPS) is 24.1. The Kier molecular flexibility index (Phi) is 5.42. The Morgan fingerprint density at radius 3 is 2.40 bits per heavy atom. The summed E-state index contributed by atoms with van der Waals surface area (Å²) in [5.74, 6) is 0.567. The quantitative estimate of drug-likeness (QED) is 0.644. The van der Waals surface area contributed by atoms with Crippen LogP contribution in [0.2, 0.25) is 0 Å². The largest absolute Gasteiger partial charge is 0.508 e. The van der Waals surface area contributed by atoms with Gasteiger partial charge >= 0.3 is 0 Å². The second-order valence-electron chi connectivity index (χ2n) is 7.16. The van der Waals surface area contributed by atoms with E-state index in [0.717, 1.165) is 49.0 Å². The molecule has 134 valence electrons. The number of phenolic OH excluding ortho intramolecular Hbond substituents is 1. The second kappa shape index (κ2) is 7.56. The van der Waals surface area contributed by atoms with Gasteiger partial charge in [-0.3, -0.25) is 0 Å². The summed E-state index contributed by atoms with van der Waals surface area (Å²) in [6.07, 6.45) is 2.15. The van der Waals surface area contributed by atoms with E-state index >= 15 is 0 Å². The van der Waals surface area contributed by atoms with Gasteiger partial charge in [0.2, 0.25) is 0 Å². The highest BCUT2D eigenvalue weighted by Gasteiger charge is 2.30. The Balaban J connectivity index is 0.000000146. The first-order valence-electron chi connectivity index (χ1n) is 8.98. The van der Waals surface area contributed by atoms with Gasteiger partial charge in [-0.1, -0.05) is 43.3 Å². The third-order valence-corrected chi connectivity index (χ3v) is 5.27. The van der Waals surface area contributed by atoms with Gasteiger partial charge in [-0.05, 0) is 67.1 Å². The van der Waals surface area contributed by atoms with Crippen LogP contribution in [0.3, 0.4) is 0 Å². The van der Waals surface area contributed by atoms with Gasteiger partial charge in [-0.25, -0.2) is 0 Å². The van der Waals surface area contributed by atoms with Crippen molar-refractivity contribution in [2.75, 3.05) is 13.1 Å². The van der Waals surface area contributed by atoms with Crippen molar-refractivity contribution in [3.63, 3.8) is 0 Å². The number of aromatic hydroxyl groups is 1. The van der Waals surface area contributed by atoms with Gasteiger partial charge in [0.15, 0.2) is 0 Å². The Hall–Kier alpha value is -1.88. The molecule has 0 radical (unpaired) electrons. The van der Waals surface area contributed by atoms with E-state index in [9.17, 15) is 15.3 Å². The topological polar surface area (TPSA) is 72.7 Å². The first-order valence-corrected chi connectivity index (χ1v) is 8.98. The highest BCUT2D eigenvalue weighted by atomic mass is 16.3. The molecule has 1 aliphatic heterocycles. The molecule has 0 saturated carbocycles. The minimum atomic E-state index is -0.591. The fourth-order valence-corrected chi connectivity index (χ4v) is 3.70. The van der Waals surface area contributed by atoms with Crippen LogP contribution in [-0.2, 0) is 12.0 Å². The smallest absolute Gasteiger partial charge is 0.115 e. The summed E-state index contributed by atoms with van der Waals surface area (Å²) < 4.78 is 0. The first kappa shape index (κ1) is 17.9. The molecule has 2 aromatic carbocycles. The molecule has 0 unspecified atom stereocenters. The fourth-order valence-electron chi connectivity index (χ4n) is 3.70. The molecule has 0 aromatic heterocycles. The van der Waals surface area contributed by atoms with Gasteiger partial charge < -0.3 is 20.6 Å². The summed E-state index contributed by atoms with van der Waals surface area (Å²) in [5.41, 5.74) is 2.51. The maximum absolute atomic E-state index is 10.3. The Bertz CT molecular complexity index is 696. The lowest BCUT2D eigenvalue weighted by molar-refractivity contribution is 0.00594. The van der Waals surface area contributed by atoms with E-state index in [0.29, 0.717) is 0 Å². The molecule has 1 heterocycles. The molecule has 1 saturated heterocycles. The van der Waals surface area contributed by atoms with Gasteiger partial charge in [0, 0.05) is 0 Å². The summed E-state index contributed by atoms with van der Waals surface area (Å²) in [4.78, 5) is 0. The predicted molar refractivity (Wildman–Crippen MR) is 98.4 cm³/mol. The molecule has 0 bridgehead atoms. The number of hydrogen-bond donors (Lipinski definition) is 4. The van der Waals surface area contributed by atoms with Crippen LogP contribution in [0.1, 0.15) is 42.6 Å². The zero-order valence-electron chi connectivity index (χ0n) is 14.7. The van der Waals surface area contributed by atoms with Gasteiger partial charge in [0.05, 0.1) is 11.7 Å². The molecule has 1 aliphatic carbocycles. The number of hydrogen-bond acceptors (Lipinski definition) is 4. The Morgan fingerprint density at radius 1 is 1.04 bits per heavy atom. The predicted octanol–water partition coefficient (Wildman–Crippen LogP) is 2.88. The zero-order chi connectivity index (χ0) is 17.9. The molecule has 2 aliphatic rings. The minimum absolute atomic E-state index is 0.279. The van der Waals surface area contributed by atoms with E-state index in [4.69, 9.17) is 0 Å². The third kappa shape index (κ3) is 4.03. The van der Waals surface area contributed by atoms with Crippen molar-refractivity contribution >= 4 is 0 Å². The standard InChI is InChI=1S/C11H15NO.C10H12O2/c13-11(6-8-12-9-7-11)10-4-2-1-3-5-10;1-6-4-7-5-8(11)2-3-9(7)10(6)12/h1-5,12-13H,6-9H2;2-3,5-6,10-12H,4H2,1H3/t;6-,10-/m.0/s1. The van der Waals surface area contributed by atoms with Crippen LogP contribution in [0.4, 0.5) is 0 Å². The van der Waals surface area contributed by atoms with E-state index in [1.54, 1.807) is 18.2 Å². The third-order valence-electron chi connectivity index (χ3n) is 5.27. The van der Waals surface area contributed by atoms with Gasteiger partial charge in [0.25, 0.3) is 0 Å². The number of phenols is 1. The molecule has 4 heteroatoms. The molecule has 2 atom stereocenters. The van der Waals surface area contributed by atoms with E-state index in [1.807, 2.05) is 37.3 Å². The molecule has 2 aromatic rings. The number of nitrogens with one attached hydrogen (secondary N) is 1. The Morgan fingerprint density at radius 2 is 1.72 bits per heavy atom. The molecular weight excluding hydrogens is 314 g/mol. The number of aliphatic hydroxyl groups is 2. The van der Waals surface area contributed by atoms with E-state index < -0.39 is 5.60 Å². The van der Waals surface area contributed by atoms with Crippen molar-refractivity contribution < 1.29 is 15.3 Å². The van der Waals surface area contributed by atoms with Crippen LogP contribution >= 0.6 is 0 Å². The lowest BCUT2D eigenvalue weighted by Crippen LogP contribution is -2.39. The SMILES string of the molecule is C[C@H]1Cc2cc(O)ccc2[C@H]1O.OC1(c2ccccc2)CCNCC1. The van der Waals surface area contributed by atoms with Crippen LogP contribution in [0.5, 0.6) is 5.75 Å². The first-order chi connectivity index (χ1) is 12.0. The van der Waals surface area contributed by atoms with E-state index in [1.165, 1.54) is 0 Å². The van der Waals surface area contributed by atoms with E-state index in [-0.39, 0.29) is 17.8 Å². The second-order valence-corrected chi connectivity index (χ2v) is 7.16. The number of benzene rings is 2. The maximum Gasteiger partial charge on any atom is 0.115 e. The van der Waals surface area contributed by atoms with Crippen LogP contribution in [0, 0.1) is 5.92 Å². The van der Waals surface area contributed by atoms with Crippen molar-refractivity contribution in [3.05, 3.63) is 65.2 Å². The van der Waals surface area contributed by atoms with Crippen LogP contribution in [0.25, 0.3) is 0 Å². The summed E-state index contributed by atoms with van der Waals surface area (Å²) in [7, 11) is 0. The number of rotatable bonds is 1. The van der Waals surface area contributed by atoms with Crippen molar-refractivity contribution in [2.24, 2.45) is 5.92 Å². The van der Waals surface area contributed by atoms with Crippen molar-refractivity contribution in [2.45, 2.75) is 37.9 Å². The molecule has 4 nitrogen and oxygen atoms in total. The van der Waals surface area contributed by atoms with Gasteiger partial charge in [-0.15, -0.1) is 0 Å². The lowest BCUT2D eigenvalue weighted by atomic mass is 9.85. The zero-order valence-corrected chi connectivity index (χ0v) is 14.7.